The third-order valence-corrected chi connectivity index (χ3v) is 2.50. The second-order valence-electron chi connectivity index (χ2n) is 4.01. The van der Waals surface area contributed by atoms with Crippen LogP contribution >= 0.6 is 0 Å². The molecule has 0 spiro atoms. The van der Waals surface area contributed by atoms with Gasteiger partial charge in [0.25, 0.3) is 5.91 Å². The second kappa shape index (κ2) is 4.57. The fourth-order valence-electron chi connectivity index (χ4n) is 1.46. The summed E-state index contributed by atoms with van der Waals surface area (Å²) in [4.78, 5) is 10.8. The Morgan fingerprint density at radius 3 is 2.62 bits per heavy atom. The predicted octanol–water partition coefficient (Wildman–Crippen LogP) is 1.57. The maximum absolute atomic E-state index is 12.5. The van der Waals surface area contributed by atoms with Crippen molar-refractivity contribution in [2.45, 2.75) is 37.7 Å². The van der Waals surface area contributed by atoms with Crippen LogP contribution in [0.1, 0.15) is 19.8 Å². The lowest BCUT2D eigenvalue weighted by atomic mass is 10.0. The van der Waals surface area contributed by atoms with Gasteiger partial charge in [0.1, 0.15) is 0 Å². The monoisotopic (exact) mass is 243 g/mol. The highest BCUT2D eigenvalue weighted by Gasteiger charge is 2.49. The molecular formula is C9H13F4NO2. The summed E-state index contributed by atoms with van der Waals surface area (Å²) in [6.07, 6.45) is -2.63. The number of ether oxygens (including phenoxy) is 1. The van der Waals surface area contributed by atoms with Crippen molar-refractivity contribution < 1.29 is 27.1 Å². The van der Waals surface area contributed by atoms with Crippen LogP contribution in [0.5, 0.6) is 0 Å². The van der Waals surface area contributed by atoms with Crippen LogP contribution in [-0.2, 0) is 9.53 Å². The zero-order valence-electron chi connectivity index (χ0n) is 8.73. The summed E-state index contributed by atoms with van der Waals surface area (Å²) in [5.41, 5.74) is -0.728. The number of halogens is 4. The minimum atomic E-state index is -4.64. The second-order valence-corrected chi connectivity index (χ2v) is 4.01. The van der Waals surface area contributed by atoms with E-state index < -0.39 is 23.9 Å². The average molecular weight is 243 g/mol. The maximum Gasteiger partial charge on any atom is 0.383 e. The molecular weight excluding hydrogens is 230 g/mol. The fourth-order valence-corrected chi connectivity index (χ4v) is 1.46. The standard InChI is InChI=1S/C9H13F4NO2/c1-8(3-2-4-16-8)5-14-7(15)9(12,13)6(10)11/h6H,2-5H2,1H3,(H,14,15). The Balaban J connectivity index is 2.46. The molecule has 0 aliphatic carbocycles. The molecule has 0 bridgehead atoms. The number of carbonyl (C=O) groups excluding carboxylic acids is 1. The average Bonchev–Trinajstić information content (AvgIpc) is 2.62. The minimum absolute atomic E-state index is 0.186. The zero-order chi connectivity index (χ0) is 12.4. The largest absolute Gasteiger partial charge is 0.383 e. The molecule has 94 valence electrons. The summed E-state index contributed by atoms with van der Waals surface area (Å²) < 4.78 is 53.9. The van der Waals surface area contributed by atoms with Gasteiger partial charge in [-0.2, -0.15) is 8.78 Å². The van der Waals surface area contributed by atoms with Crippen molar-refractivity contribution >= 4 is 5.91 Å². The van der Waals surface area contributed by atoms with Crippen LogP contribution in [0.15, 0.2) is 0 Å². The van der Waals surface area contributed by atoms with Gasteiger partial charge in [0.2, 0.25) is 0 Å². The smallest absolute Gasteiger partial charge is 0.373 e. The van der Waals surface area contributed by atoms with Gasteiger partial charge in [-0.3, -0.25) is 4.79 Å². The Morgan fingerprint density at radius 1 is 1.56 bits per heavy atom. The van der Waals surface area contributed by atoms with E-state index in [0.29, 0.717) is 13.0 Å². The first-order valence-corrected chi connectivity index (χ1v) is 4.86. The molecule has 0 aromatic carbocycles. The quantitative estimate of drug-likeness (QED) is 0.761. The van der Waals surface area contributed by atoms with Crippen molar-refractivity contribution in [1.82, 2.24) is 5.32 Å². The Bertz CT molecular complexity index is 264. The van der Waals surface area contributed by atoms with Crippen molar-refractivity contribution in [2.75, 3.05) is 13.2 Å². The first-order chi connectivity index (χ1) is 7.28. The first kappa shape index (κ1) is 13.2. The van der Waals surface area contributed by atoms with Gasteiger partial charge in [-0.25, -0.2) is 8.78 Å². The molecule has 1 amide bonds. The SMILES string of the molecule is CC1(CNC(=O)C(F)(F)C(F)F)CCCO1. The van der Waals surface area contributed by atoms with E-state index in [4.69, 9.17) is 4.74 Å². The van der Waals surface area contributed by atoms with Crippen molar-refractivity contribution in [1.29, 1.82) is 0 Å². The summed E-state index contributed by atoms with van der Waals surface area (Å²) in [7, 11) is 0. The number of carbonyl (C=O) groups is 1. The van der Waals surface area contributed by atoms with Gasteiger partial charge in [0.05, 0.1) is 5.60 Å². The topological polar surface area (TPSA) is 38.3 Å². The van der Waals surface area contributed by atoms with E-state index in [1.807, 2.05) is 0 Å². The van der Waals surface area contributed by atoms with E-state index in [0.717, 1.165) is 6.42 Å². The Kier molecular flexibility index (Phi) is 3.77. The van der Waals surface area contributed by atoms with Crippen LogP contribution in [0.25, 0.3) is 0 Å². The summed E-state index contributed by atoms with van der Waals surface area (Å²) in [5, 5.41) is 1.79. The molecule has 0 saturated carbocycles. The predicted molar refractivity (Wildman–Crippen MR) is 47.6 cm³/mol. The van der Waals surface area contributed by atoms with Crippen LogP contribution in [0.4, 0.5) is 17.6 Å². The van der Waals surface area contributed by atoms with E-state index in [2.05, 4.69) is 0 Å². The minimum Gasteiger partial charge on any atom is -0.373 e. The highest BCUT2D eigenvalue weighted by molar-refractivity contribution is 5.83. The van der Waals surface area contributed by atoms with Crippen molar-refractivity contribution in [3.63, 3.8) is 0 Å². The van der Waals surface area contributed by atoms with Gasteiger partial charge in [-0.15, -0.1) is 0 Å². The van der Waals surface area contributed by atoms with E-state index in [1.165, 1.54) is 0 Å². The van der Waals surface area contributed by atoms with Gasteiger partial charge in [-0.05, 0) is 19.8 Å². The number of hydrogen-bond acceptors (Lipinski definition) is 2. The summed E-state index contributed by atoms with van der Waals surface area (Å²) in [6.45, 7) is 1.94. The van der Waals surface area contributed by atoms with Crippen LogP contribution in [0, 0.1) is 0 Å². The maximum atomic E-state index is 12.5. The third-order valence-electron chi connectivity index (χ3n) is 2.50. The van der Waals surface area contributed by atoms with Crippen molar-refractivity contribution in [3.05, 3.63) is 0 Å². The van der Waals surface area contributed by atoms with Crippen LogP contribution in [-0.4, -0.2) is 37.0 Å². The lowest BCUT2D eigenvalue weighted by molar-refractivity contribution is -0.170. The van der Waals surface area contributed by atoms with Crippen molar-refractivity contribution in [3.8, 4) is 0 Å². The fraction of sp³-hybridized carbons (Fsp3) is 0.889. The Morgan fingerprint density at radius 2 is 2.19 bits per heavy atom. The molecule has 7 heteroatoms. The zero-order valence-corrected chi connectivity index (χ0v) is 8.73. The highest BCUT2D eigenvalue weighted by Crippen LogP contribution is 2.26. The highest BCUT2D eigenvalue weighted by atomic mass is 19.3. The normalized spacial score (nSPS) is 26.1. The van der Waals surface area contributed by atoms with Gasteiger partial charge in [0, 0.05) is 13.2 Å². The molecule has 1 unspecified atom stereocenters. The van der Waals surface area contributed by atoms with Crippen molar-refractivity contribution in [2.24, 2.45) is 0 Å². The molecule has 1 N–H and O–H groups in total. The number of hydrogen-bond donors (Lipinski definition) is 1. The lowest BCUT2D eigenvalue weighted by Crippen LogP contribution is -2.49. The molecule has 0 radical (unpaired) electrons. The van der Waals surface area contributed by atoms with Gasteiger partial charge in [-0.1, -0.05) is 0 Å². The molecule has 0 aromatic rings. The van der Waals surface area contributed by atoms with Crippen LogP contribution < -0.4 is 5.32 Å². The summed E-state index contributed by atoms with van der Waals surface area (Å²) in [6, 6.07) is 0. The molecule has 3 nitrogen and oxygen atoms in total. The van der Waals surface area contributed by atoms with E-state index in [-0.39, 0.29) is 6.54 Å². The molecule has 1 heterocycles. The molecule has 1 aliphatic rings. The molecule has 1 aliphatic heterocycles. The third kappa shape index (κ3) is 2.84. The van der Waals surface area contributed by atoms with Crippen LogP contribution in [0.2, 0.25) is 0 Å². The van der Waals surface area contributed by atoms with E-state index >= 15 is 0 Å². The van der Waals surface area contributed by atoms with Crippen LogP contribution in [0.3, 0.4) is 0 Å². The molecule has 1 fully saturated rings. The Labute approximate surface area is 90.1 Å². The number of rotatable bonds is 4. The molecule has 1 atom stereocenters. The van der Waals surface area contributed by atoms with Gasteiger partial charge < -0.3 is 10.1 Å². The lowest BCUT2D eigenvalue weighted by Gasteiger charge is -2.24. The molecule has 1 rings (SSSR count). The number of amides is 1. The van der Waals surface area contributed by atoms with Gasteiger partial charge in [0.15, 0.2) is 0 Å². The Hall–Kier alpha value is -0.850. The first-order valence-electron chi connectivity index (χ1n) is 4.86. The summed E-state index contributed by atoms with van der Waals surface area (Å²) >= 11 is 0. The molecule has 1 saturated heterocycles. The van der Waals surface area contributed by atoms with Gasteiger partial charge >= 0.3 is 12.3 Å². The number of alkyl halides is 4. The number of nitrogens with one attached hydrogen (secondary N) is 1. The van der Waals surface area contributed by atoms with E-state index in [1.54, 1.807) is 12.2 Å². The molecule has 16 heavy (non-hydrogen) atoms. The summed E-state index contributed by atoms with van der Waals surface area (Å²) in [5.74, 6) is -6.60. The molecule has 0 aromatic heterocycles. The van der Waals surface area contributed by atoms with E-state index in [9.17, 15) is 22.4 Å².